The number of nitriles is 1. The molecule has 0 spiro atoms. The molecule has 2 nitrogen and oxygen atoms in total. The van der Waals surface area contributed by atoms with E-state index in [4.69, 9.17) is 5.26 Å². The van der Waals surface area contributed by atoms with Crippen LogP contribution in [0.4, 0.5) is 4.39 Å². The molecule has 0 aromatic heterocycles. The highest BCUT2D eigenvalue weighted by Gasteiger charge is 1.99. The molecule has 0 atom stereocenters. The summed E-state index contributed by atoms with van der Waals surface area (Å²) < 4.78 is 13.4. The van der Waals surface area contributed by atoms with Crippen molar-refractivity contribution in [2.75, 3.05) is 6.54 Å². The van der Waals surface area contributed by atoms with Crippen molar-refractivity contribution in [3.8, 4) is 6.07 Å². The summed E-state index contributed by atoms with van der Waals surface area (Å²) >= 11 is 3.15. The molecule has 0 saturated heterocycles. The van der Waals surface area contributed by atoms with Gasteiger partial charge in [-0.25, -0.2) is 4.39 Å². The second kappa shape index (κ2) is 9.41. The van der Waals surface area contributed by atoms with Crippen LogP contribution >= 0.6 is 28.3 Å². The molecule has 0 saturated carbocycles. The Balaban J connectivity index is 0.00000256. The van der Waals surface area contributed by atoms with Crippen molar-refractivity contribution in [1.29, 1.82) is 5.26 Å². The van der Waals surface area contributed by atoms with Crippen LogP contribution in [0.25, 0.3) is 0 Å². The number of benzene rings is 1. The van der Waals surface area contributed by atoms with Crippen molar-refractivity contribution in [2.45, 2.75) is 25.8 Å². The molecule has 0 aliphatic rings. The van der Waals surface area contributed by atoms with Crippen molar-refractivity contribution >= 4 is 28.3 Å². The van der Waals surface area contributed by atoms with Crippen LogP contribution in [0.5, 0.6) is 0 Å². The third-order valence-corrected chi connectivity index (χ3v) is 2.81. The van der Waals surface area contributed by atoms with Gasteiger partial charge >= 0.3 is 0 Å². The molecule has 0 aliphatic heterocycles. The minimum absolute atomic E-state index is 0. The molecule has 1 aromatic rings. The molecule has 0 unspecified atom stereocenters. The maximum atomic E-state index is 12.9. The zero-order valence-corrected chi connectivity index (χ0v) is 11.8. The van der Waals surface area contributed by atoms with E-state index >= 15 is 0 Å². The van der Waals surface area contributed by atoms with Gasteiger partial charge in [0.15, 0.2) is 0 Å². The van der Waals surface area contributed by atoms with Gasteiger partial charge in [0.1, 0.15) is 5.82 Å². The van der Waals surface area contributed by atoms with E-state index in [2.05, 4.69) is 27.3 Å². The van der Waals surface area contributed by atoms with Crippen LogP contribution in [0.3, 0.4) is 0 Å². The minimum atomic E-state index is -0.238. The van der Waals surface area contributed by atoms with Gasteiger partial charge in [0.05, 0.1) is 10.5 Å². The fourth-order valence-corrected chi connectivity index (χ4v) is 1.76. The largest absolute Gasteiger partial charge is 0.313 e. The van der Waals surface area contributed by atoms with Gasteiger partial charge in [-0.2, -0.15) is 5.26 Å². The van der Waals surface area contributed by atoms with Crippen LogP contribution in [0, 0.1) is 17.1 Å². The molecule has 0 radical (unpaired) electrons. The Hall–Kier alpha value is -0.630. The number of unbranched alkanes of at least 4 members (excludes halogenated alkanes) is 2. The third kappa shape index (κ3) is 6.62. The lowest BCUT2D eigenvalue weighted by atomic mass is 10.2. The zero-order valence-electron chi connectivity index (χ0n) is 9.38. The fraction of sp³-hybridized carbons (Fsp3) is 0.417. The van der Waals surface area contributed by atoms with Crippen molar-refractivity contribution in [2.24, 2.45) is 0 Å². The average Bonchev–Trinajstić information content (AvgIpc) is 2.28. The number of rotatable bonds is 6. The summed E-state index contributed by atoms with van der Waals surface area (Å²) in [4.78, 5) is 0. The normalized spacial score (nSPS) is 9.47. The van der Waals surface area contributed by atoms with Gasteiger partial charge in [0, 0.05) is 13.0 Å². The van der Waals surface area contributed by atoms with E-state index in [0.29, 0.717) is 10.9 Å². The Labute approximate surface area is 116 Å². The molecular weight excluding hydrogens is 307 g/mol. The lowest BCUT2D eigenvalue weighted by Crippen LogP contribution is -2.14. The van der Waals surface area contributed by atoms with Crippen molar-refractivity contribution < 1.29 is 4.39 Å². The summed E-state index contributed by atoms with van der Waals surface area (Å²) in [5.74, 6) is -0.238. The van der Waals surface area contributed by atoms with Crippen LogP contribution in [0.15, 0.2) is 22.7 Å². The van der Waals surface area contributed by atoms with Gasteiger partial charge in [0.2, 0.25) is 0 Å². The molecule has 5 heteroatoms. The first-order valence-electron chi connectivity index (χ1n) is 5.25. The highest BCUT2D eigenvalue weighted by Crippen LogP contribution is 2.16. The number of hydrogen-bond acceptors (Lipinski definition) is 2. The highest BCUT2D eigenvalue weighted by atomic mass is 79.9. The molecule has 0 bridgehead atoms. The second-order valence-corrected chi connectivity index (χ2v) is 4.39. The van der Waals surface area contributed by atoms with Gasteiger partial charge in [0.25, 0.3) is 0 Å². The second-order valence-electron chi connectivity index (χ2n) is 3.54. The van der Waals surface area contributed by atoms with Crippen molar-refractivity contribution in [3.05, 3.63) is 34.1 Å². The highest BCUT2D eigenvalue weighted by molar-refractivity contribution is 9.10. The molecule has 1 aromatic carbocycles. The quantitative estimate of drug-likeness (QED) is 0.809. The molecule has 0 aliphatic carbocycles. The van der Waals surface area contributed by atoms with E-state index in [1.165, 1.54) is 6.07 Å². The van der Waals surface area contributed by atoms with E-state index in [0.717, 1.165) is 31.5 Å². The van der Waals surface area contributed by atoms with Crippen molar-refractivity contribution in [1.82, 2.24) is 5.32 Å². The van der Waals surface area contributed by atoms with E-state index < -0.39 is 0 Å². The average molecular weight is 322 g/mol. The first-order valence-corrected chi connectivity index (χ1v) is 6.05. The molecule has 0 fully saturated rings. The first kappa shape index (κ1) is 16.4. The number of halogens is 3. The molecule has 94 valence electrons. The predicted octanol–water partition coefficient (Wildman–Crippen LogP) is 3.79. The van der Waals surface area contributed by atoms with Crippen molar-refractivity contribution in [3.63, 3.8) is 0 Å². The van der Waals surface area contributed by atoms with E-state index in [1.54, 1.807) is 12.1 Å². The number of nitrogens with zero attached hydrogens (tertiary/aromatic N) is 1. The molecule has 17 heavy (non-hydrogen) atoms. The maximum Gasteiger partial charge on any atom is 0.137 e. The van der Waals surface area contributed by atoms with Crippen LogP contribution in [0.2, 0.25) is 0 Å². The van der Waals surface area contributed by atoms with Gasteiger partial charge in [-0.1, -0.05) is 6.07 Å². The summed E-state index contributed by atoms with van der Waals surface area (Å²) in [7, 11) is 0. The topological polar surface area (TPSA) is 35.8 Å². The summed E-state index contributed by atoms with van der Waals surface area (Å²) in [6.07, 6.45) is 2.54. The monoisotopic (exact) mass is 320 g/mol. The van der Waals surface area contributed by atoms with E-state index in [9.17, 15) is 4.39 Å². The Morgan fingerprint density at radius 3 is 2.76 bits per heavy atom. The maximum absolute atomic E-state index is 12.9. The number of hydrogen-bond donors (Lipinski definition) is 1. The van der Waals surface area contributed by atoms with Crippen LogP contribution in [-0.2, 0) is 6.54 Å². The van der Waals surface area contributed by atoms with Crippen LogP contribution < -0.4 is 5.32 Å². The standard InChI is InChI=1S/C12H14BrFN2.ClH/c13-11-8-10(4-5-12(11)14)9-16-7-3-1-2-6-15;/h4-5,8,16H,1-3,7,9H2;1H. The zero-order chi connectivity index (χ0) is 11.8. The Bertz CT molecular complexity index is 379. The Morgan fingerprint density at radius 1 is 1.35 bits per heavy atom. The lowest BCUT2D eigenvalue weighted by Gasteiger charge is -2.05. The summed E-state index contributed by atoms with van der Waals surface area (Å²) in [5, 5.41) is 11.6. The van der Waals surface area contributed by atoms with E-state index in [1.807, 2.05) is 0 Å². The summed E-state index contributed by atoms with van der Waals surface area (Å²) in [6, 6.07) is 7.11. The lowest BCUT2D eigenvalue weighted by molar-refractivity contribution is 0.613. The molecule has 0 amide bonds. The Kier molecular flexibility index (Phi) is 9.06. The molecule has 0 heterocycles. The smallest absolute Gasteiger partial charge is 0.137 e. The fourth-order valence-electron chi connectivity index (χ4n) is 1.34. The third-order valence-electron chi connectivity index (χ3n) is 2.21. The van der Waals surface area contributed by atoms with Gasteiger partial charge in [-0.05, 0) is 53.0 Å². The van der Waals surface area contributed by atoms with Gasteiger partial charge in [-0.15, -0.1) is 12.4 Å². The minimum Gasteiger partial charge on any atom is -0.313 e. The molecule has 1 N–H and O–H groups in total. The van der Waals surface area contributed by atoms with Gasteiger partial charge in [-0.3, -0.25) is 0 Å². The van der Waals surface area contributed by atoms with Crippen LogP contribution in [0.1, 0.15) is 24.8 Å². The predicted molar refractivity (Wildman–Crippen MR) is 72.5 cm³/mol. The summed E-state index contributed by atoms with van der Waals surface area (Å²) in [6.45, 7) is 1.61. The molecular formula is C12H15BrClFN2. The Morgan fingerprint density at radius 2 is 2.12 bits per heavy atom. The summed E-state index contributed by atoms with van der Waals surface area (Å²) in [5.41, 5.74) is 1.05. The van der Waals surface area contributed by atoms with E-state index in [-0.39, 0.29) is 18.2 Å². The number of nitrogens with one attached hydrogen (secondary N) is 1. The van der Waals surface area contributed by atoms with Crippen LogP contribution in [-0.4, -0.2) is 6.54 Å². The SMILES string of the molecule is Cl.N#CCCCCNCc1ccc(F)c(Br)c1. The van der Waals surface area contributed by atoms with Gasteiger partial charge < -0.3 is 5.32 Å². The molecule has 1 rings (SSSR count). The first-order chi connectivity index (χ1) is 7.74.